The SMILES string of the molecule is CC(C)C(=O)N1N=C(c2cc(F)ccc2F)S[C@@]1(CCCN)c1ccccc1. The summed E-state index contributed by atoms with van der Waals surface area (Å²) >= 11 is 1.27. The molecule has 28 heavy (non-hydrogen) atoms. The van der Waals surface area contributed by atoms with Crippen molar-refractivity contribution in [2.75, 3.05) is 6.54 Å². The van der Waals surface area contributed by atoms with Crippen molar-refractivity contribution in [1.29, 1.82) is 0 Å². The van der Waals surface area contributed by atoms with Gasteiger partial charge in [-0.05, 0) is 43.1 Å². The van der Waals surface area contributed by atoms with Gasteiger partial charge in [-0.25, -0.2) is 13.8 Å². The van der Waals surface area contributed by atoms with Crippen molar-refractivity contribution in [2.24, 2.45) is 16.8 Å². The minimum absolute atomic E-state index is 0.0529. The van der Waals surface area contributed by atoms with Crippen LogP contribution in [0.5, 0.6) is 0 Å². The highest BCUT2D eigenvalue weighted by Gasteiger charge is 2.48. The smallest absolute Gasteiger partial charge is 0.246 e. The highest BCUT2D eigenvalue weighted by molar-refractivity contribution is 8.15. The molecule has 0 unspecified atom stereocenters. The van der Waals surface area contributed by atoms with Crippen molar-refractivity contribution in [2.45, 2.75) is 31.6 Å². The molecule has 0 saturated heterocycles. The molecule has 1 aliphatic rings. The Morgan fingerprint density at radius 3 is 2.57 bits per heavy atom. The van der Waals surface area contributed by atoms with Crippen LogP contribution in [0.1, 0.15) is 37.8 Å². The number of nitrogens with zero attached hydrogens (tertiary/aromatic N) is 2. The molecule has 0 radical (unpaired) electrons. The summed E-state index contributed by atoms with van der Waals surface area (Å²) in [5.41, 5.74) is 6.68. The average Bonchev–Trinajstić information content (AvgIpc) is 3.08. The van der Waals surface area contributed by atoms with Crippen LogP contribution < -0.4 is 5.73 Å². The Balaban J connectivity index is 2.15. The molecule has 148 valence electrons. The van der Waals surface area contributed by atoms with Gasteiger partial charge in [0.25, 0.3) is 0 Å². The standard InChI is InChI=1S/C21H23F2N3OS/c1-14(2)20(27)26-21(11-6-12-24,15-7-4-3-5-8-15)28-19(25-26)17-13-16(22)9-10-18(17)23/h3-5,7-10,13-14H,6,11-12,24H2,1-2H3/t21-/m0/s1. The number of hydrogen-bond acceptors (Lipinski definition) is 4. The molecule has 2 N–H and O–H groups in total. The Bertz CT molecular complexity index is 888. The molecule has 0 fully saturated rings. The van der Waals surface area contributed by atoms with Gasteiger partial charge < -0.3 is 5.73 Å². The molecule has 1 heterocycles. The lowest BCUT2D eigenvalue weighted by Gasteiger charge is -2.36. The molecule has 2 aromatic carbocycles. The van der Waals surface area contributed by atoms with E-state index >= 15 is 0 Å². The van der Waals surface area contributed by atoms with Gasteiger partial charge in [-0.2, -0.15) is 5.10 Å². The van der Waals surface area contributed by atoms with Gasteiger partial charge in [0.05, 0.1) is 0 Å². The molecule has 0 aromatic heterocycles. The highest BCUT2D eigenvalue weighted by atomic mass is 32.2. The normalized spacial score (nSPS) is 19.2. The molecular weight excluding hydrogens is 380 g/mol. The first kappa shape index (κ1) is 20.5. The summed E-state index contributed by atoms with van der Waals surface area (Å²) in [6.45, 7) is 4.03. The summed E-state index contributed by atoms with van der Waals surface area (Å²) in [4.78, 5) is 12.2. The van der Waals surface area contributed by atoms with Gasteiger partial charge in [0, 0.05) is 11.5 Å². The van der Waals surface area contributed by atoms with Crippen molar-refractivity contribution in [3.8, 4) is 0 Å². The van der Waals surface area contributed by atoms with Crippen LogP contribution in [0.4, 0.5) is 8.78 Å². The van der Waals surface area contributed by atoms with Crippen molar-refractivity contribution in [3.05, 3.63) is 71.3 Å². The second-order valence-electron chi connectivity index (χ2n) is 6.98. The molecule has 1 amide bonds. The predicted molar refractivity (Wildman–Crippen MR) is 109 cm³/mol. The second kappa shape index (κ2) is 8.41. The Hall–Kier alpha value is -2.25. The van der Waals surface area contributed by atoms with Crippen LogP contribution >= 0.6 is 11.8 Å². The first-order valence-electron chi connectivity index (χ1n) is 9.22. The van der Waals surface area contributed by atoms with Gasteiger partial charge >= 0.3 is 0 Å². The lowest BCUT2D eigenvalue weighted by molar-refractivity contribution is -0.138. The molecule has 4 nitrogen and oxygen atoms in total. The van der Waals surface area contributed by atoms with E-state index in [9.17, 15) is 13.6 Å². The molecule has 2 aromatic rings. The van der Waals surface area contributed by atoms with Gasteiger partial charge in [0.2, 0.25) is 5.91 Å². The Labute approximate surface area is 167 Å². The molecule has 0 spiro atoms. The topological polar surface area (TPSA) is 58.7 Å². The fourth-order valence-electron chi connectivity index (χ4n) is 3.16. The largest absolute Gasteiger partial charge is 0.330 e. The number of amides is 1. The third-order valence-electron chi connectivity index (χ3n) is 4.60. The van der Waals surface area contributed by atoms with E-state index in [2.05, 4.69) is 5.10 Å². The van der Waals surface area contributed by atoms with Crippen molar-refractivity contribution < 1.29 is 13.6 Å². The van der Waals surface area contributed by atoms with Gasteiger partial charge in [-0.3, -0.25) is 4.79 Å². The van der Waals surface area contributed by atoms with Crippen LogP contribution in [0.25, 0.3) is 0 Å². The van der Waals surface area contributed by atoms with Crippen molar-refractivity contribution in [1.82, 2.24) is 5.01 Å². The molecule has 7 heteroatoms. The first-order valence-corrected chi connectivity index (χ1v) is 10.0. The number of carbonyl (C=O) groups excluding carboxylic acids is 1. The van der Waals surface area contributed by atoms with E-state index in [0.717, 1.165) is 23.8 Å². The number of hydrogen-bond donors (Lipinski definition) is 1. The third-order valence-corrected chi connectivity index (χ3v) is 6.05. The van der Waals surface area contributed by atoms with Crippen LogP contribution in [-0.2, 0) is 9.67 Å². The zero-order valence-corrected chi connectivity index (χ0v) is 16.7. The zero-order valence-electron chi connectivity index (χ0n) is 15.9. The number of benzene rings is 2. The van der Waals surface area contributed by atoms with Crippen LogP contribution in [0.15, 0.2) is 53.6 Å². The number of nitrogens with two attached hydrogens (primary N) is 1. The zero-order chi connectivity index (χ0) is 20.3. The molecule has 0 aliphatic carbocycles. The summed E-state index contributed by atoms with van der Waals surface area (Å²) in [5, 5.41) is 6.20. The van der Waals surface area contributed by atoms with E-state index in [1.54, 1.807) is 13.8 Å². The van der Waals surface area contributed by atoms with E-state index in [4.69, 9.17) is 5.73 Å². The minimum Gasteiger partial charge on any atom is -0.330 e. The van der Waals surface area contributed by atoms with Crippen molar-refractivity contribution >= 4 is 22.7 Å². The van der Waals surface area contributed by atoms with Crippen LogP contribution in [-0.4, -0.2) is 22.5 Å². The van der Waals surface area contributed by atoms with Crippen LogP contribution in [0.2, 0.25) is 0 Å². The molecule has 0 bridgehead atoms. The average molecular weight is 403 g/mol. The highest BCUT2D eigenvalue weighted by Crippen LogP contribution is 2.51. The lowest BCUT2D eigenvalue weighted by atomic mass is 9.99. The van der Waals surface area contributed by atoms with E-state index in [-0.39, 0.29) is 22.4 Å². The van der Waals surface area contributed by atoms with E-state index in [1.165, 1.54) is 16.8 Å². The van der Waals surface area contributed by atoms with E-state index in [1.807, 2.05) is 30.3 Å². The number of halogens is 2. The fourth-order valence-corrected chi connectivity index (χ4v) is 4.59. The van der Waals surface area contributed by atoms with Crippen LogP contribution in [0.3, 0.4) is 0 Å². The van der Waals surface area contributed by atoms with Gasteiger partial charge in [-0.1, -0.05) is 55.9 Å². The summed E-state index contributed by atoms with van der Waals surface area (Å²) in [7, 11) is 0. The molecule has 1 atom stereocenters. The maximum Gasteiger partial charge on any atom is 0.246 e. The Morgan fingerprint density at radius 2 is 1.93 bits per heavy atom. The summed E-state index contributed by atoms with van der Waals surface area (Å²) in [6.07, 6.45) is 1.19. The van der Waals surface area contributed by atoms with Gasteiger partial charge in [-0.15, -0.1) is 0 Å². The van der Waals surface area contributed by atoms with E-state index < -0.39 is 16.5 Å². The summed E-state index contributed by atoms with van der Waals surface area (Å²) in [6, 6.07) is 12.8. The van der Waals surface area contributed by atoms with Crippen LogP contribution in [0, 0.1) is 17.6 Å². The monoisotopic (exact) mass is 403 g/mol. The molecule has 1 aliphatic heterocycles. The second-order valence-corrected chi connectivity index (χ2v) is 8.24. The number of rotatable bonds is 6. The third kappa shape index (κ3) is 3.82. The summed E-state index contributed by atoms with van der Waals surface area (Å²) in [5.74, 6) is -1.62. The fraction of sp³-hybridized carbons (Fsp3) is 0.333. The lowest BCUT2D eigenvalue weighted by Crippen LogP contribution is -2.43. The summed E-state index contributed by atoms with van der Waals surface area (Å²) < 4.78 is 28.2. The number of carbonyl (C=O) groups is 1. The van der Waals surface area contributed by atoms with Gasteiger partial charge in [0.1, 0.15) is 21.5 Å². The quantitative estimate of drug-likeness (QED) is 0.775. The predicted octanol–water partition coefficient (Wildman–Crippen LogP) is 4.45. The van der Waals surface area contributed by atoms with Crippen molar-refractivity contribution in [3.63, 3.8) is 0 Å². The molecule has 0 saturated carbocycles. The molecule has 3 rings (SSSR count). The van der Waals surface area contributed by atoms with Gasteiger partial charge in [0.15, 0.2) is 0 Å². The minimum atomic E-state index is -0.851. The van der Waals surface area contributed by atoms with E-state index in [0.29, 0.717) is 19.4 Å². The maximum absolute atomic E-state index is 14.4. The first-order chi connectivity index (χ1) is 13.4. The molecular formula is C21H23F2N3OS. The number of thioether (sulfide) groups is 1. The maximum atomic E-state index is 14.4. The Morgan fingerprint density at radius 1 is 1.21 bits per heavy atom. The Kier molecular flexibility index (Phi) is 6.15. The number of hydrazone groups is 1.